The third-order valence-electron chi connectivity index (χ3n) is 2.68. The van der Waals surface area contributed by atoms with Crippen molar-refractivity contribution >= 4 is 0 Å². The van der Waals surface area contributed by atoms with Gasteiger partial charge in [0.1, 0.15) is 18.5 Å². The second-order valence-corrected chi connectivity index (χ2v) is 4.20. The van der Waals surface area contributed by atoms with Gasteiger partial charge in [-0.05, 0) is 18.6 Å². The van der Waals surface area contributed by atoms with E-state index in [1.165, 1.54) is 0 Å². The third-order valence-corrected chi connectivity index (χ3v) is 2.68. The normalized spacial score (nSPS) is 13.6. The van der Waals surface area contributed by atoms with Gasteiger partial charge in [-0.25, -0.2) is 0 Å². The van der Waals surface area contributed by atoms with Gasteiger partial charge in [0.25, 0.3) is 0 Å². The van der Waals surface area contributed by atoms with E-state index in [0.717, 1.165) is 12.2 Å². The monoisotopic (exact) mass is 247 g/mol. The van der Waals surface area contributed by atoms with Crippen molar-refractivity contribution in [1.82, 2.24) is 5.32 Å². The van der Waals surface area contributed by atoms with Gasteiger partial charge in [-0.3, -0.25) is 0 Å². The maximum atomic E-state index is 9.78. The first-order valence-corrected chi connectivity index (χ1v) is 6.29. The van der Waals surface area contributed by atoms with E-state index in [0.29, 0.717) is 13.0 Å². The number of hydrogen-bond acceptors (Lipinski definition) is 3. The molecule has 0 aliphatic rings. The third kappa shape index (κ3) is 5.72. The Morgan fingerprint density at radius 3 is 2.72 bits per heavy atom. The summed E-state index contributed by atoms with van der Waals surface area (Å²) in [5.41, 5.74) is 0. The Morgan fingerprint density at radius 1 is 1.39 bits per heavy atom. The first kappa shape index (κ1) is 14.6. The van der Waals surface area contributed by atoms with Gasteiger partial charge in [0.15, 0.2) is 0 Å². The minimum absolute atomic E-state index is 0.265. The van der Waals surface area contributed by atoms with E-state index in [1.54, 1.807) is 0 Å². The number of aliphatic hydroxyl groups is 1. The molecule has 0 saturated heterocycles. The largest absolute Gasteiger partial charge is 0.491 e. The molecule has 0 amide bonds. The van der Waals surface area contributed by atoms with Crippen LogP contribution in [0.2, 0.25) is 0 Å². The molecular weight excluding hydrogens is 226 g/mol. The summed E-state index contributed by atoms with van der Waals surface area (Å²) in [6.45, 7) is 2.85. The quantitative estimate of drug-likeness (QED) is 0.689. The Morgan fingerprint density at radius 2 is 2.11 bits per heavy atom. The predicted octanol–water partition coefficient (Wildman–Crippen LogP) is 1.82. The molecule has 0 aliphatic heterocycles. The molecule has 2 atom stereocenters. The average molecular weight is 247 g/mol. The average Bonchev–Trinajstić information content (AvgIpc) is 2.42. The lowest BCUT2D eigenvalue weighted by molar-refractivity contribution is 0.103. The van der Waals surface area contributed by atoms with Crippen molar-refractivity contribution in [3.8, 4) is 18.1 Å². The molecule has 0 bridgehead atoms. The number of aliphatic hydroxyl groups excluding tert-OH is 1. The molecule has 0 saturated carbocycles. The van der Waals surface area contributed by atoms with Crippen LogP contribution in [-0.4, -0.2) is 30.4 Å². The van der Waals surface area contributed by atoms with Crippen LogP contribution in [0.3, 0.4) is 0 Å². The van der Waals surface area contributed by atoms with Gasteiger partial charge in [-0.1, -0.05) is 25.1 Å². The molecule has 3 nitrogen and oxygen atoms in total. The number of benzene rings is 1. The zero-order valence-corrected chi connectivity index (χ0v) is 10.8. The SMILES string of the molecule is C#CCC(CC)NCC(O)COc1ccccc1. The lowest BCUT2D eigenvalue weighted by Crippen LogP contribution is -2.37. The van der Waals surface area contributed by atoms with Crippen molar-refractivity contribution in [3.63, 3.8) is 0 Å². The van der Waals surface area contributed by atoms with Crippen LogP contribution in [0.1, 0.15) is 19.8 Å². The van der Waals surface area contributed by atoms with Crippen molar-refractivity contribution in [2.24, 2.45) is 0 Å². The molecule has 0 fully saturated rings. The molecule has 0 aliphatic carbocycles. The van der Waals surface area contributed by atoms with E-state index >= 15 is 0 Å². The molecule has 0 aromatic heterocycles. The summed E-state index contributed by atoms with van der Waals surface area (Å²) in [6, 6.07) is 9.73. The molecule has 98 valence electrons. The molecule has 0 spiro atoms. The van der Waals surface area contributed by atoms with Crippen LogP contribution in [0.25, 0.3) is 0 Å². The second kappa shape index (κ2) is 8.57. The summed E-state index contributed by atoms with van der Waals surface area (Å²) >= 11 is 0. The molecular formula is C15H21NO2. The van der Waals surface area contributed by atoms with Crippen molar-refractivity contribution in [3.05, 3.63) is 30.3 Å². The summed E-state index contributed by atoms with van der Waals surface area (Å²) < 4.78 is 5.46. The summed E-state index contributed by atoms with van der Waals surface area (Å²) in [4.78, 5) is 0. The second-order valence-electron chi connectivity index (χ2n) is 4.20. The Hall–Kier alpha value is -1.50. The van der Waals surface area contributed by atoms with Crippen molar-refractivity contribution in [1.29, 1.82) is 0 Å². The Labute approximate surface area is 109 Å². The van der Waals surface area contributed by atoms with Crippen LogP contribution in [-0.2, 0) is 0 Å². The van der Waals surface area contributed by atoms with Crippen LogP contribution in [0, 0.1) is 12.3 Å². The van der Waals surface area contributed by atoms with Gasteiger partial charge in [-0.2, -0.15) is 0 Å². The van der Waals surface area contributed by atoms with Crippen LogP contribution in [0.15, 0.2) is 30.3 Å². The number of hydrogen-bond donors (Lipinski definition) is 2. The van der Waals surface area contributed by atoms with Crippen LogP contribution < -0.4 is 10.1 Å². The number of nitrogens with one attached hydrogen (secondary N) is 1. The Balaban J connectivity index is 2.21. The molecule has 3 heteroatoms. The Kier molecular flexibility index (Phi) is 6.93. The molecule has 2 unspecified atom stereocenters. The predicted molar refractivity (Wildman–Crippen MR) is 73.5 cm³/mol. The maximum absolute atomic E-state index is 9.78. The van der Waals surface area contributed by atoms with E-state index in [-0.39, 0.29) is 12.6 Å². The van der Waals surface area contributed by atoms with E-state index in [1.807, 2.05) is 30.3 Å². The zero-order chi connectivity index (χ0) is 13.2. The fraction of sp³-hybridized carbons (Fsp3) is 0.467. The highest BCUT2D eigenvalue weighted by Crippen LogP contribution is 2.08. The van der Waals surface area contributed by atoms with Gasteiger partial charge >= 0.3 is 0 Å². The van der Waals surface area contributed by atoms with Crippen LogP contribution in [0.4, 0.5) is 0 Å². The van der Waals surface area contributed by atoms with E-state index in [2.05, 4.69) is 18.2 Å². The van der Waals surface area contributed by atoms with Gasteiger partial charge in [0.2, 0.25) is 0 Å². The van der Waals surface area contributed by atoms with E-state index in [4.69, 9.17) is 11.2 Å². The zero-order valence-electron chi connectivity index (χ0n) is 10.8. The molecule has 1 aromatic carbocycles. The fourth-order valence-corrected chi connectivity index (χ4v) is 1.57. The number of rotatable bonds is 8. The first-order chi connectivity index (χ1) is 8.76. The van der Waals surface area contributed by atoms with Crippen molar-refractivity contribution in [2.45, 2.75) is 31.9 Å². The first-order valence-electron chi connectivity index (χ1n) is 6.29. The van der Waals surface area contributed by atoms with Gasteiger partial charge in [0, 0.05) is 19.0 Å². The highest BCUT2D eigenvalue weighted by atomic mass is 16.5. The van der Waals surface area contributed by atoms with E-state index in [9.17, 15) is 5.11 Å². The minimum Gasteiger partial charge on any atom is -0.491 e. The fourth-order valence-electron chi connectivity index (χ4n) is 1.57. The van der Waals surface area contributed by atoms with Crippen LogP contribution >= 0.6 is 0 Å². The molecule has 0 radical (unpaired) electrons. The van der Waals surface area contributed by atoms with Crippen molar-refractivity contribution < 1.29 is 9.84 Å². The smallest absolute Gasteiger partial charge is 0.119 e. The lowest BCUT2D eigenvalue weighted by Gasteiger charge is -2.18. The molecule has 1 rings (SSSR count). The topological polar surface area (TPSA) is 41.5 Å². The number of ether oxygens (including phenoxy) is 1. The standard InChI is InChI=1S/C15H21NO2/c1-3-8-13(4-2)16-11-14(17)12-18-15-9-6-5-7-10-15/h1,5-7,9-10,13-14,16-17H,4,8,11-12H2,2H3. The highest BCUT2D eigenvalue weighted by molar-refractivity contribution is 5.20. The number of terminal acetylenes is 1. The van der Waals surface area contributed by atoms with E-state index < -0.39 is 6.10 Å². The molecule has 18 heavy (non-hydrogen) atoms. The molecule has 0 heterocycles. The maximum Gasteiger partial charge on any atom is 0.119 e. The summed E-state index contributed by atoms with van der Waals surface area (Å²) in [5.74, 6) is 3.40. The molecule has 2 N–H and O–H groups in total. The summed E-state index contributed by atoms with van der Waals surface area (Å²) in [5, 5.41) is 13.0. The lowest BCUT2D eigenvalue weighted by atomic mass is 10.1. The van der Waals surface area contributed by atoms with Crippen LogP contribution in [0.5, 0.6) is 5.75 Å². The van der Waals surface area contributed by atoms with Gasteiger partial charge < -0.3 is 15.2 Å². The minimum atomic E-state index is -0.531. The van der Waals surface area contributed by atoms with Crippen molar-refractivity contribution in [2.75, 3.05) is 13.2 Å². The highest BCUT2D eigenvalue weighted by Gasteiger charge is 2.09. The summed E-state index contributed by atoms with van der Waals surface area (Å²) in [7, 11) is 0. The Bertz CT molecular complexity index is 359. The molecule has 1 aromatic rings. The number of para-hydroxylation sites is 1. The summed E-state index contributed by atoms with van der Waals surface area (Å²) in [6.07, 6.45) is 6.38. The van der Waals surface area contributed by atoms with Gasteiger partial charge in [0.05, 0.1) is 0 Å². The van der Waals surface area contributed by atoms with Gasteiger partial charge in [-0.15, -0.1) is 12.3 Å².